The van der Waals surface area contributed by atoms with Gasteiger partial charge in [0.25, 0.3) is 0 Å². The van der Waals surface area contributed by atoms with Crippen molar-refractivity contribution in [3.63, 3.8) is 0 Å². The van der Waals surface area contributed by atoms with Crippen molar-refractivity contribution in [3.05, 3.63) is 23.8 Å². The SMILES string of the molecule is CCC#CCN1C[C@@H]2c3ccc(OC)cc3OC[C@]2(CO)C1. The number of aliphatic hydroxyl groups excluding tert-OH is 1. The summed E-state index contributed by atoms with van der Waals surface area (Å²) in [5.41, 5.74) is 0.960. The molecule has 1 N–H and O–H groups in total. The quantitative estimate of drug-likeness (QED) is 0.866. The molecular formula is C18H23NO3. The van der Waals surface area contributed by atoms with Crippen molar-refractivity contribution in [3.8, 4) is 23.3 Å². The minimum atomic E-state index is -0.213. The van der Waals surface area contributed by atoms with Gasteiger partial charge >= 0.3 is 0 Å². The van der Waals surface area contributed by atoms with E-state index in [0.29, 0.717) is 6.61 Å². The molecule has 0 radical (unpaired) electrons. The molecule has 0 spiro atoms. The molecule has 3 rings (SSSR count). The molecule has 118 valence electrons. The Kier molecular flexibility index (Phi) is 4.28. The molecule has 4 heteroatoms. The summed E-state index contributed by atoms with van der Waals surface area (Å²) in [5.74, 6) is 8.30. The van der Waals surface area contributed by atoms with Crippen LogP contribution in [0.4, 0.5) is 0 Å². The lowest BCUT2D eigenvalue weighted by molar-refractivity contribution is 0.0468. The third-order valence-corrected chi connectivity index (χ3v) is 4.75. The fraction of sp³-hybridized carbons (Fsp3) is 0.556. The second-order valence-electron chi connectivity index (χ2n) is 6.14. The zero-order chi connectivity index (χ0) is 15.6. The molecule has 4 nitrogen and oxygen atoms in total. The van der Waals surface area contributed by atoms with Gasteiger partial charge in [0.15, 0.2) is 0 Å². The van der Waals surface area contributed by atoms with E-state index < -0.39 is 0 Å². The van der Waals surface area contributed by atoms with E-state index in [1.165, 1.54) is 5.56 Å². The molecule has 2 atom stereocenters. The smallest absolute Gasteiger partial charge is 0.126 e. The van der Waals surface area contributed by atoms with Crippen LogP contribution in [0.1, 0.15) is 24.8 Å². The number of aliphatic hydroxyl groups is 1. The molecule has 1 aromatic carbocycles. The van der Waals surface area contributed by atoms with Crippen LogP contribution in [0.2, 0.25) is 0 Å². The van der Waals surface area contributed by atoms with Crippen LogP contribution in [-0.2, 0) is 0 Å². The van der Waals surface area contributed by atoms with Crippen LogP contribution in [0.15, 0.2) is 18.2 Å². The molecule has 0 bridgehead atoms. The first-order valence-corrected chi connectivity index (χ1v) is 7.82. The number of methoxy groups -OCH3 is 1. The van der Waals surface area contributed by atoms with Crippen molar-refractivity contribution in [2.75, 3.05) is 40.0 Å². The Morgan fingerprint density at radius 3 is 3.05 bits per heavy atom. The number of hydrogen-bond acceptors (Lipinski definition) is 4. The summed E-state index contributed by atoms with van der Waals surface area (Å²) in [6.07, 6.45) is 0.883. The van der Waals surface area contributed by atoms with Crippen molar-refractivity contribution < 1.29 is 14.6 Å². The Morgan fingerprint density at radius 2 is 2.32 bits per heavy atom. The highest BCUT2D eigenvalue weighted by molar-refractivity contribution is 5.46. The highest BCUT2D eigenvalue weighted by atomic mass is 16.5. The molecule has 2 aliphatic rings. The van der Waals surface area contributed by atoms with Gasteiger partial charge in [-0.25, -0.2) is 0 Å². The van der Waals surface area contributed by atoms with Gasteiger partial charge in [0.05, 0.1) is 26.9 Å². The first kappa shape index (κ1) is 15.2. The van der Waals surface area contributed by atoms with E-state index in [1.54, 1.807) is 7.11 Å². The maximum atomic E-state index is 10.0. The van der Waals surface area contributed by atoms with E-state index >= 15 is 0 Å². The van der Waals surface area contributed by atoms with Gasteiger partial charge < -0.3 is 14.6 Å². The maximum absolute atomic E-state index is 10.0. The predicted octanol–water partition coefficient (Wildman–Crippen LogP) is 1.88. The third kappa shape index (κ3) is 2.55. The van der Waals surface area contributed by atoms with E-state index in [9.17, 15) is 5.11 Å². The van der Waals surface area contributed by atoms with Gasteiger partial charge in [0.2, 0.25) is 0 Å². The zero-order valence-corrected chi connectivity index (χ0v) is 13.3. The molecule has 2 aliphatic heterocycles. The summed E-state index contributed by atoms with van der Waals surface area (Å²) in [4.78, 5) is 2.33. The lowest BCUT2D eigenvalue weighted by Gasteiger charge is -2.38. The molecule has 1 aromatic rings. The number of hydrogen-bond donors (Lipinski definition) is 1. The highest BCUT2D eigenvalue weighted by Crippen LogP contribution is 2.49. The molecule has 0 aromatic heterocycles. The summed E-state index contributed by atoms with van der Waals surface area (Å²) in [7, 11) is 1.66. The number of ether oxygens (including phenoxy) is 2. The van der Waals surface area contributed by atoms with Gasteiger partial charge in [0, 0.05) is 36.9 Å². The van der Waals surface area contributed by atoms with E-state index in [-0.39, 0.29) is 17.9 Å². The lowest BCUT2D eigenvalue weighted by atomic mass is 9.74. The fourth-order valence-corrected chi connectivity index (χ4v) is 3.54. The Hall–Kier alpha value is -1.70. The van der Waals surface area contributed by atoms with Crippen molar-refractivity contribution in [2.24, 2.45) is 5.41 Å². The normalized spacial score (nSPS) is 26.4. The van der Waals surface area contributed by atoms with E-state index in [4.69, 9.17) is 9.47 Å². The number of likely N-dealkylation sites (tertiary alicyclic amines) is 1. The summed E-state index contributed by atoms with van der Waals surface area (Å²) < 4.78 is 11.2. The number of nitrogens with zero attached hydrogens (tertiary/aromatic N) is 1. The summed E-state index contributed by atoms with van der Waals surface area (Å²) in [6.45, 7) is 5.26. The van der Waals surface area contributed by atoms with Gasteiger partial charge in [-0.15, -0.1) is 5.92 Å². The zero-order valence-electron chi connectivity index (χ0n) is 13.3. The lowest BCUT2D eigenvalue weighted by Crippen LogP contribution is -2.42. The van der Waals surface area contributed by atoms with Crippen molar-refractivity contribution in [1.29, 1.82) is 0 Å². The standard InChI is InChI=1S/C18H23NO3/c1-3-4-5-8-19-10-16-15-7-6-14(21-2)9-17(15)22-13-18(16,11-19)12-20/h6-7,9,16,20H,3,8,10-13H2,1-2H3/t16-,18-/m1/s1. The fourth-order valence-electron chi connectivity index (χ4n) is 3.54. The molecular weight excluding hydrogens is 278 g/mol. The molecule has 0 saturated carbocycles. The third-order valence-electron chi connectivity index (χ3n) is 4.75. The van der Waals surface area contributed by atoms with Gasteiger partial charge in [-0.05, 0) is 11.6 Å². The maximum Gasteiger partial charge on any atom is 0.126 e. The summed E-state index contributed by atoms with van der Waals surface area (Å²) >= 11 is 0. The second-order valence-corrected chi connectivity index (χ2v) is 6.14. The van der Waals surface area contributed by atoms with Crippen molar-refractivity contribution >= 4 is 0 Å². The van der Waals surface area contributed by atoms with Gasteiger partial charge in [-0.2, -0.15) is 0 Å². The molecule has 0 unspecified atom stereocenters. The molecule has 1 saturated heterocycles. The van der Waals surface area contributed by atoms with Gasteiger partial charge in [-0.1, -0.05) is 18.9 Å². The number of rotatable bonds is 3. The minimum Gasteiger partial charge on any atom is -0.497 e. The predicted molar refractivity (Wildman–Crippen MR) is 85.3 cm³/mol. The van der Waals surface area contributed by atoms with Crippen LogP contribution in [0.25, 0.3) is 0 Å². The average Bonchev–Trinajstić information content (AvgIpc) is 2.94. The van der Waals surface area contributed by atoms with Crippen molar-refractivity contribution in [1.82, 2.24) is 4.90 Å². The summed E-state index contributed by atoms with van der Waals surface area (Å²) in [5, 5.41) is 10.0. The van der Waals surface area contributed by atoms with Crippen LogP contribution in [0, 0.1) is 17.3 Å². The Morgan fingerprint density at radius 1 is 1.45 bits per heavy atom. The molecule has 1 fully saturated rings. The molecule has 22 heavy (non-hydrogen) atoms. The van der Waals surface area contributed by atoms with Crippen LogP contribution < -0.4 is 9.47 Å². The van der Waals surface area contributed by atoms with Gasteiger partial charge in [-0.3, -0.25) is 4.90 Å². The highest BCUT2D eigenvalue weighted by Gasteiger charge is 2.50. The first-order chi connectivity index (χ1) is 10.7. The Bertz CT molecular complexity index is 604. The average molecular weight is 301 g/mol. The Balaban J connectivity index is 1.87. The second kappa shape index (κ2) is 6.20. The monoisotopic (exact) mass is 301 g/mol. The van der Waals surface area contributed by atoms with E-state index in [0.717, 1.165) is 37.6 Å². The summed E-state index contributed by atoms with van der Waals surface area (Å²) in [6, 6.07) is 5.98. The first-order valence-electron chi connectivity index (χ1n) is 7.82. The Labute approximate surface area is 132 Å². The van der Waals surface area contributed by atoms with Crippen LogP contribution in [0.5, 0.6) is 11.5 Å². The van der Waals surface area contributed by atoms with Gasteiger partial charge in [0.1, 0.15) is 11.5 Å². The molecule has 0 aliphatic carbocycles. The number of fused-ring (bicyclic) bond motifs is 3. The van der Waals surface area contributed by atoms with Crippen LogP contribution in [0.3, 0.4) is 0 Å². The van der Waals surface area contributed by atoms with Crippen molar-refractivity contribution in [2.45, 2.75) is 19.3 Å². The van der Waals surface area contributed by atoms with Crippen LogP contribution >= 0.6 is 0 Å². The minimum absolute atomic E-state index is 0.140. The molecule has 0 amide bonds. The number of benzene rings is 1. The largest absolute Gasteiger partial charge is 0.497 e. The van der Waals surface area contributed by atoms with E-state index in [1.807, 2.05) is 12.1 Å². The topological polar surface area (TPSA) is 41.9 Å². The van der Waals surface area contributed by atoms with Crippen LogP contribution in [-0.4, -0.2) is 50.0 Å². The molecule has 2 heterocycles. The van der Waals surface area contributed by atoms with E-state index in [2.05, 4.69) is 29.7 Å².